The van der Waals surface area contributed by atoms with Crippen LogP contribution in [0.15, 0.2) is 53.9 Å². The smallest absolute Gasteiger partial charge is 0.229 e. The van der Waals surface area contributed by atoms with Crippen LogP contribution in [0.25, 0.3) is 11.3 Å². The monoisotopic (exact) mass is 387 g/mol. The van der Waals surface area contributed by atoms with Crippen LogP contribution in [0, 0.1) is 0 Å². The second-order valence-corrected chi connectivity index (χ2v) is 9.00. The van der Waals surface area contributed by atoms with Crippen molar-refractivity contribution in [1.29, 1.82) is 0 Å². The zero-order valence-electron chi connectivity index (χ0n) is 14.9. The largest absolute Gasteiger partial charge is 0.332 e. The maximum atomic E-state index is 11.3. The van der Waals surface area contributed by atoms with E-state index in [0.717, 1.165) is 28.3 Å². The fourth-order valence-corrected chi connectivity index (χ4v) is 3.79. The van der Waals surface area contributed by atoms with E-state index in [1.807, 2.05) is 29.6 Å². The Balaban J connectivity index is 1.74. The number of rotatable bonds is 6. The molecule has 0 aliphatic rings. The summed E-state index contributed by atoms with van der Waals surface area (Å²) in [5.41, 5.74) is 4.62. The van der Waals surface area contributed by atoms with Crippen molar-refractivity contribution in [3.8, 4) is 11.3 Å². The van der Waals surface area contributed by atoms with E-state index in [0.29, 0.717) is 11.6 Å². The predicted octanol–water partition coefficient (Wildman–Crippen LogP) is 5.05. The normalized spacial score (nSPS) is 11.5. The number of sulfonamides is 1. The quantitative estimate of drug-likeness (QED) is 0.621. The Bertz CT molecular complexity index is 994. The zero-order valence-corrected chi connectivity index (χ0v) is 16.5. The molecule has 5 nitrogen and oxygen atoms in total. The van der Waals surface area contributed by atoms with Crippen molar-refractivity contribution in [3.63, 3.8) is 0 Å². The molecule has 0 unspecified atom stereocenters. The average Bonchev–Trinajstić information content (AvgIpc) is 3.03. The number of hydrogen-bond donors (Lipinski definition) is 2. The molecule has 3 aromatic rings. The molecule has 0 saturated heterocycles. The van der Waals surface area contributed by atoms with Gasteiger partial charge in [-0.1, -0.05) is 38.1 Å². The highest BCUT2D eigenvalue weighted by Crippen LogP contribution is 2.29. The molecule has 2 N–H and O–H groups in total. The lowest BCUT2D eigenvalue weighted by molar-refractivity contribution is 0.607. The molecule has 0 amide bonds. The maximum Gasteiger partial charge on any atom is 0.229 e. The fraction of sp³-hybridized carbons (Fsp3) is 0.211. The number of thiazole rings is 1. The third kappa shape index (κ3) is 4.83. The Morgan fingerprint density at radius 1 is 1.04 bits per heavy atom. The minimum Gasteiger partial charge on any atom is -0.332 e. The summed E-state index contributed by atoms with van der Waals surface area (Å²) in [5, 5.41) is 6.15. The first-order valence-corrected chi connectivity index (χ1v) is 11.0. The minimum atomic E-state index is -3.27. The van der Waals surface area contributed by atoms with Crippen molar-refractivity contribution in [2.24, 2.45) is 0 Å². The van der Waals surface area contributed by atoms with Crippen molar-refractivity contribution in [2.45, 2.75) is 19.8 Å². The van der Waals surface area contributed by atoms with Gasteiger partial charge in [-0.05, 0) is 35.7 Å². The first-order chi connectivity index (χ1) is 12.3. The lowest BCUT2D eigenvalue weighted by Gasteiger charge is -2.08. The van der Waals surface area contributed by atoms with E-state index >= 15 is 0 Å². The Morgan fingerprint density at radius 3 is 2.42 bits per heavy atom. The third-order valence-corrected chi connectivity index (χ3v) is 5.16. The van der Waals surface area contributed by atoms with Crippen molar-refractivity contribution >= 4 is 37.9 Å². The van der Waals surface area contributed by atoms with Crippen molar-refractivity contribution < 1.29 is 8.42 Å². The van der Waals surface area contributed by atoms with Gasteiger partial charge in [0.15, 0.2) is 5.13 Å². The van der Waals surface area contributed by atoms with E-state index in [1.54, 1.807) is 12.1 Å². The lowest BCUT2D eigenvalue weighted by atomic mass is 10.0. The van der Waals surface area contributed by atoms with Crippen LogP contribution in [-0.2, 0) is 10.0 Å². The SMILES string of the molecule is CC(C)c1cccc(Nc2nc(-c3ccc(NS(C)(=O)=O)cc3)cs2)c1. The summed E-state index contributed by atoms with van der Waals surface area (Å²) in [6, 6.07) is 15.5. The van der Waals surface area contributed by atoms with Gasteiger partial charge < -0.3 is 5.32 Å². The molecule has 0 bridgehead atoms. The summed E-state index contributed by atoms with van der Waals surface area (Å²) in [7, 11) is -3.27. The molecule has 1 aromatic heterocycles. The highest BCUT2D eigenvalue weighted by Gasteiger charge is 2.07. The number of anilines is 3. The van der Waals surface area contributed by atoms with Crippen molar-refractivity contribution in [3.05, 3.63) is 59.5 Å². The van der Waals surface area contributed by atoms with Gasteiger partial charge in [-0.2, -0.15) is 0 Å². The van der Waals surface area contributed by atoms with Gasteiger partial charge in [0, 0.05) is 22.3 Å². The summed E-state index contributed by atoms with van der Waals surface area (Å²) in [4.78, 5) is 4.62. The Morgan fingerprint density at radius 2 is 1.77 bits per heavy atom. The van der Waals surface area contributed by atoms with Gasteiger partial charge in [0.1, 0.15) is 0 Å². The van der Waals surface area contributed by atoms with Crippen molar-refractivity contribution in [2.75, 3.05) is 16.3 Å². The molecule has 0 radical (unpaired) electrons. The van der Waals surface area contributed by atoms with E-state index in [2.05, 4.69) is 41.0 Å². The van der Waals surface area contributed by atoms with Crippen LogP contribution in [0.4, 0.5) is 16.5 Å². The van der Waals surface area contributed by atoms with E-state index in [1.165, 1.54) is 16.9 Å². The third-order valence-electron chi connectivity index (χ3n) is 3.79. The molecule has 0 saturated carbocycles. The van der Waals surface area contributed by atoms with Gasteiger partial charge in [-0.3, -0.25) is 4.72 Å². The Kier molecular flexibility index (Phi) is 5.29. The van der Waals surface area contributed by atoms with E-state index in [-0.39, 0.29) is 0 Å². The van der Waals surface area contributed by atoms with Crippen LogP contribution in [0.3, 0.4) is 0 Å². The summed E-state index contributed by atoms with van der Waals surface area (Å²) < 4.78 is 25.0. The molecule has 0 aliphatic carbocycles. The number of hydrogen-bond acceptors (Lipinski definition) is 5. The molecular formula is C19H21N3O2S2. The molecule has 2 aromatic carbocycles. The van der Waals surface area contributed by atoms with Gasteiger partial charge in [-0.15, -0.1) is 11.3 Å². The van der Waals surface area contributed by atoms with Crippen LogP contribution in [-0.4, -0.2) is 19.7 Å². The van der Waals surface area contributed by atoms with Gasteiger partial charge in [0.05, 0.1) is 11.9 Å². The molecule has 0 fully saturated rings. The Hall–Kier alpha value is -2.38. The van der Waals surface area contributed by atoms with Crippen molar-refractivity contribution in [1.82, 2.24) is 4.98 Å². The second-order valence-electron chi connectivity index (χ2n) is 6.39. The molecular weight excluding hydrogens is 366 g/mol. The minimum absolute atomic E-state index is 0.475. The fourth-order valence-electron chi connectivity index (χ4n) is 2.49. The highest BCUT2D eigenvalue weighted by atomic mass is 32.2. The molecule has 136 valence electrons. The number of nitrogens with zero attached hydrogens (tertiary/aromatic N) is 1. The first-order valence-electron chi connectivity index (χ1n) is 8.21. The summed E-state index contributed by atoms with van der Waals surface area (Å²) in [5.74, 6) is 0.475. The molecule has 0 aliphatic heterocycles. The van der Waals surface area contributed by atoms with E-state index in [4.69, 9.17) is 0 Å². The summed E-state index contributed by atoms with van der Waals surface area (Å²) in [6.45, 7) is 4.34. The van der Waals surface area contributed by atoms with E-state index < -0.39 is 10.0 Å². The van der Waals surface area contributed by atoms with Crippen LogP contribution in [0.1, 0.15) is 25.3 Å². The highest BCUT2D eigenvalue weighted by molar-refractivity contribution is 7.92. The number of aromatic nitrogens is 1. The number of nitrogens with one attached hydrogen (secondary N) is 2. The average molecular weight is 388 g/mol. The van der Waals surface area contributed by atoms with Gasteiger partial charge in [0.2, 0.25) is 10.0 Å². The van der Waals surface area contributed by atoms with Gasteiger partial charge in [-0.25, -0.2) is 13.4 Å². The standard InChI is InChI=1S/C19H21N3O2S2/c1-13(2)15-5-4-6-17(11-15)20-19-21-18(12-25-19)14-7-9-16(10-8-14)22-26(3,23)24/h4-13,22H,1-3H3,(H,20,21). The first kappa shape index (κ1) is 18.4. The van der Waals surface area contributed by atoms with Gasteiger partial charge in [0.25, 0.3) is 0 Å². The van der Waals surface area contributed by atoms with Crippen LogP contribution < -0.4 is 10.0 Å². The summed E-state index contributed by atoms with van der Waals surface area (Å²) in [6.07, 6.45) is 1.13. The molecule has 0 atom stereocenters. The van der Waals surface area contributed by atoms with Crippen LogP contribution in [0.5, 0.6) is 0 Å². The molecule has 3 rings (SSSR count). The van der Waals surface area contributed by atoms with E-state index in [9.17, 15) is 8.42 Å². The molecule has 7 heteroatoms. The Labute approximate surface area is 158 Å². The maximum absolute atomic E-state index is 11.3. The number of benzene rings is 2. The second kappa shape index (κ2) is 7.47. The topological polar surface area (TPSA) is 71.1 Å². The summed E-state index contributed by atoms with van der Waals surface area (Å²) >= 11 is 1.53. The van der Waals surface area contributed by atoms with Crippen LogP contribution in [0.2, 0.25) is 0 Å². The van der Waals surface area contributed by atoms with Gasteiger partial charge >= 0.3 is 0 Å². The predicted molar refractivity (Wildman–Crippen MR) is 110 cm³/mol. The molecule has 1 heterocycles. The van der Waals surface area contributed by atoms with Crippen LogP contribution >= 0.6 is 11.3 Å². The molecule has 0 spiro atoms. The zero-order chi connectivity index (χ0) is 18.7. The lowest BCUT2D eigenvalue weighted by Crippen LogP contribution is -2.09. The molecule has 26 heavy (non-hydrogen) atoms.